The minimum Gasteiger partial charge on any atom is -0.368 e. The fraction of sp³-hybridized carbons (Fsp3) is 0.417. The summed E-state index contributed by atoms with van der Waals surface area (Å²) in [6.45, 7) is 3.69. The van der Waals surface area contributed by atoms with Gasteiger partial charge in [0.25, 0.3) is 0 Å². The van der Waals surface area contributed by atoms with Crippen LogP contribution in [0.15, 0.2) is 12.3 Å². The number of amides is 1. The van der Waals surface area contributed by atoms with Crippen molar-refractivity contribution in [3.8, 4) is 0 Å². The first-order chi connectivity index (χ1) is 8.54. The van der Waals surface area contributed by atoms with E-state index in [1.807, 2.05) is 13.0 Å². The lowest BCUT2D eigenvalue weighted by Gasteiger charge is -2.13. The number of rotatable bonds is 4. The zero-order valence-electron chi connectivity index (χ0n) is 10.4. The van der Waals surface area contributed by atoms with E-state index in [0.717, 1.165) is 16.9 Å². The Kier molecular flexibility index (Phi) is 3.52. The maximum Gasteiger partial charge on any atom is 0.240 e. The molecular weight excluding hydrogens is 252 g/mol. The number of hydrogen-bond donors (Lipinski definition) is 1. The molecule has 6 heteroatoms. The van der Waals surface area contributed by atoms with Gasteiger partial charge < -0.3 is 10.3 Å². The highest BCUT2D eigenvalue weighted by Crippen LogP contribution is 2.20. The van der Waals surface area contributed by atoms with Gasteiger partial charge in [0.05, 0.1) is 0 Å². The lowest BCUT2D eigenvalue weighted by molar-refractivity contribution is -0.120. The van der Waals surface area contributed by atoms with Gasteiger partial charge in [0.1, 0.15) is 17.4 Å². The highest BCUT2D eigenvalue weighted by atomic mass is 35.5. The number of imidazole rings is 1. The molecule has 1 amide bonds. The number of primary amides is 1. The maximum atomic E-state index is 11.4. The first kappa shape index (κ1) is 12.8. The Bertz CT molecular complexity index is 593. The number of halogens is 1. The molecule has 2 aromatic rings. The van der Waals surface area contributed by atoms with Gasteiger partial charge in [-0.3, -0.25) is 4.79 Å². The van der Waals surface area contributed by atoms with E-state index in [1.54, 1.807) is 17.7 Å². The van der Waals surface area contributed by atoms with Gasteiger partial charge in [-0.2, -0.15) is 0 Å². The second-order valence-electron chi connectivity index (χ2n) is 4.27. The van der Waals surface area contributed by atoms with Crippen LogP contribution >= 0.6 is 11.6 Å². The van der Waals surface area contributed by atoms with Crippen molar-refractivity contribution in [3.63, 3.8) is 0 Å². The predicted octanol–water partition coefficient (Wildman–Crippen LogP) is 1.57. The Morgan fingerprint density at radius 1 is 1.61 bits per heavy atom. The van der Waals surface area contributed by atoms with Crippen molar-refractivity contribution in [1.29, 1.82) is 0 Å². The van der Waals surface area contributed by atoms with Crippen LogP contribution in [0, 0.1) is 6.92 Å². The Morgan fingerprint density at radius 3 is 2.94 bits per heavy atom. The Hall–Kier alpha value is -1.62. The molecule has 2 heterocycles. The summed E-state index contributed by atoms with van der Waals surface area (Å²) in [5, 5.41) is 0. The summed E-state index contributed by atoms with van der Waals surface area (Å²) in [5.74, 6) is 0.769. The molecular formula is C12H15ClN4O. The Morgan fingerprint density at radius 2 is 2.33 bits per heavy atom. The molecule has 18 heavy (non-hydrogen) atoms. The van der Waals surface area contributed by atoms with Gasteiger partial charge in [0.2, 0.25) is 5.91 Å². The summed E-state index contributed by atoms with van der Waals surface area (Å²) in [4.78, 5) is 20.2. The third kappa shape index (κ3) is 2.18. The van der Waals surface area contributed by atoms with Crippen molar-refractivity contribution in [3.05, 3.63) is 23.7 Å². The molecule has 0 aliphatic heterocycles. The first-order valence-electron chi connectivity index (χ1n) is 5.73. The van der Waals surface area contributed by atoms with Crippen molar-refractivity contribution in [1.82, 2.24) is 14.5 Å². The van der Waals surface area contributed by atoms with Gasteiger partial charge in [0.15, 0.2) is 5.65 Å². The normalized spacial score (nSPS) is 12.8. The molecule has 0 aliphatic carbocycles. The monoisotopic (exact) mass is 266 g/mol. The summed E-state index contributed by atoms with van der Waals surface area (Å²) in [6.07, 6.45) is 2.33. The molecule has 0 radical (unpaired) electrons. The third-order valence-corrected chi connectivity index (χ3v) is 3.05. The average molecular weight is 267 g/mol. The van der Waals surface area contributed by atoms with Gasteiger partial charge in [-0.05, 0) is 25.5 Å². The van der Waals surface area contributed by atoms with E-state index in [4.69, 9.17) is 17.3 Å². The Labute approximate surface area is 110 Å². The van der Waals surface area contributed by atoms with E-state index >= 15 is 0 Å². The van der Waals surface area contributed by atoms with Crippen LogP contribution in [-0.2, 0) is 11.2 Å². The summed E-state index contributed by atoms with van der Waals surface area (Å²) in [5.41, 5.74) is 7.83. The molecule has 0 aliphatic rings. The van der Waals surface area contributed by atoms with Crippen LogP contribution in [0.2, 0.25) is 0 Å². The number of carbonyl (C=O) groups is 1. The van der Waals surface area contributed by atoms with E-state index in [2.05, 4.69) is 9.97 Å². The molecule has 0 saturated heterocycles. The van der Waals surface area contributed by atoms with Crippen LogP contribution < -0.4 is 5.73 Å². The fourth-order valence-corrected chi connectivity index (χ4v) is 2.09. The van der Waals surface area contributed by atoms with E-state index in [-0.39, 0.29) is 0 Å². The number of nitrogens with zero attached hydrogens (tertiary/aromatic N) is 3. The van der Waals surface area contributed by atoms with Gasteiger partial charge >= 0.3 is 0 Å². The highest BCUT2D eigenvalue weighted by molar-refractivity contribution is 6.17. The summed E-state index contributed by atoms with van der Waals surface area (Å²) in [6, 6.07) is 1.45. The SMILES string of the molecule is Cc1cnc2c(c1)nc(CCCl)n2C(C)C(N)=O. The largest absolute Gasteiger partial charge is 0.368 e. The van der Waals surface area contributed by atoms with Gasteiger partial charge in [-0.1, -0.05) is 0 Å². The summed E-state index contributed by atoms with van der Waals surface area (Å²) < 4.78 is 1.76. The molecule has 96 valence electrons. The molecule has 0 fully saturated rings. The van der Waals surface area contributed by atoms with E-state index in [9.17, 15) is 4.79 Å². The summed E-state index contributed by atoms with van der Waals surface area (Å²) >= 11 is 5.76. The molecule has 0 bridgehead atoms. The molecule has 1 unspecified atom stereocenters. The molecule has 0 aromatic carbocycles. The standard InChI is InChI=1S/C12H15ClN4O/c1-7-5-9-12(15-6-7)17(8(2)11(14)18)10(16-9)3-4-13/h5-6,8H,3-4H2,1-2H3,(H2,14,18). The third-order valence-electron chi connectivity index (χ3n) is 2.86. The van der Waals surface area contributed by atoms with Gasteiger partial charge in [-0.15, -0.1) is 11.6 Å². The Balaban J connectivity index is 2.66. The van der Waals surface area contributed by atoms with E-state index in [1.165, 1.54) is 0 Å². The van der Waals surface area contributed by atoms with Crippen LogP contribution in [0.5, 0.6) is 0 Å². The molecule has 2 aromatic heterocycles. The lowest BCUT2D eigenvalue weighted by atomic mass is 10.3. The second-order valence-corrected chi connectivity index (χ2v) is 4.65. The number of fused-ring (bicyclic) bond motifs is 1. The van der Waals surface area contributed by atoms with Crippen molar-refractivity contribution >= 4 is 28.7 Å². The molecule has 1 atom stereocenters. The molecule has 5 nitrogen and oxygen atoms in total. The number of pyridine rings is 1. The highest BCUT2D eigenvalue weighted by Gasteiger charge is 2.20. The van der Waals surface area contributed by atoms with E-state index in [0.29, 0.717) is 17.9 Å². The van der Waals surface area contributed by atoms with Crippen LogP contribution in [0.25, 0.3) is 11.2 Å². The molecule has 0 spiro atoms. The van der Waals surface area contributed by atoms with Crippen LogP contribution in [0.4, 0.5) is 0 Å². The van der Waals surface area contributed by atoms with Crippen molar-refractivity contribution in [2.45, 2.75) is 26.3 Å². The number of aryl methyl sites for hydroxylation is 2. The van der Waals surface area contributed by atoms with Crippen LogP contribution in [-0.4, -0.2) is 26.3 Å². The number of carbonyl (C=O) groups excluding carboxylic acids is 1. The number of aromatic nitrogens is 3. The molecule has 2 N–H and O–H groups in total. The fourth-order valence-electron chi connectivity index (χ4n) is 1.92. The topological polar surface area (TPSA) is 73.8 Å². The van der Waals surface area contributed by atoms with Crippen LogP contribution in [0.1, 0.15) is 24.4 Å². The maximum absolute atomic E-state index is 11.4. The number of nitrogens with two attached hydrogens (primary N) is 1. The zero-order valence-corrected chi connectivity index (χ0v) is 11.1. The quantitative estimate of drug-likeness (QED) is 0.854. The lowest BCUT2D eigenvalue weighted by Crippen LogP contribution is -2.25. The van der Waals surface area contributed by atoms with Gasteiger partial charge in [0, 0.05) is 18.5 Å². The smallest absolute Gasteiger partial charge is 0.240 e. The van der Waals surface area contributed by atoms with Crippen molar-refractivity contribution in [2.24, 2.45) is 5.73 Å². The molecule has 2 rings (SSSR count). The van der Waals surface area contributed by atoms with Crippen molar-refractivity contribution in [2.75, 3.05) is 5.88 Å². The number of alkyl halides is 1. The first-order valence-corrected chi connectivity index (χ1v) is 6.26. The van der Waals surface area contributed by atoms with Gasteiger partial charge in [-0.25, -0.2) is 9.97 Å². The van der Waals surface area contributed by atoms with Crippen molar-refractivity contribution < 1.29 is 4.79 Å². The second kappa shape index (κ2) is 4.94. The molecule has 0 saturated carbocycles. The minimum absolute atomic E-state index is 0.410. The average Bonchev–Trinajstić information content (AvgIpc) is 2.65. The number of hydrogen-bond acceptors (Lipinski definition) is 3. The predicted molar refractivity (Wildman–Crippen MR) is 70.6 cm³/mol. The minimum atomic E-state index is -0.483. The zero-order chi connectivity index (χ0) is 13.3. The summed E-state index contributed by atoms with van der Waals surface area (Å²) in [7, 11) is 0. The van der Waals surface area contributed by atoms with E-state index < -0.39 is 11.9 Å². The van der Waals surface area contributed by atoms with Crippen LogP contribution in [0.3, 0.4) is 0 Å².